The van der Waals surface area contributed by atoms with Crippen LogP contribution in [0, 0.1) is 11.8 Å². The smallest absolute Gasteiger partial charge is 0.223 e. The van der Waals surface area contributed by atoms with Crippen molar-refractivity contribution in [1.82, 2.24) is 4.90 Å². The maximum atomic E-state index is 12.8. The SMILES string of the molecule is CC1CC(C)C(C)N(C(=O)CC2CNc3ccccc32)C1. The molecule has 1 aromatic carbocycles. The Hall–Kier alpha value is -1.51. The summed E-state index contributed by atoms with van der Waals surface area (Å²) < 4.78 is 0. The highest BCUT2D eigenvalue weighted by atomic mass is 16.2. The number of nitrogens with zero attached hydrogens (tertiary/aromatic N) is 1. The fourth-order valence-corrected chi connectivity index (χ4v) is 3.91. The van der Waals surface area contributed by atoms with Crippen LogP contribution in [0.2, 0.25) is 0 Å². The summed E-state index contributed by atoms with van der Waals surface area (Å²) in [6.45, 7) is 8.54. The van der Waals surface area contributed by atoms with Crippen molar-refractivity contribution in [1.29, 1.82) is 0 Å². The van der Waals surface area contributed by atoms with Gasteiger partial charge in [0.2, 0.25) is 5.91 Å². The molecule has 4 unspecified atom stereocenters. The van der Waals surface area contributed by atoms with Gasteiger partial charge in [-0.3, -0.25) is 4.79 Å². The largest absolute Gasteiger partial charge is 0.384 e. The Bertz CT molecular complexity index is 528. The van der Waals surface area contributed by atoms with Gasteiger partial charge >= 0.3 is 0 Å². The van der Waals surface area contributed by atoms with Gasteiger partial charge in [-0.05, 0) is 36.8 Å². The van der Waals surface area contributed by atoms with E-state index in [4.69, 9.17) is 0 Å². The van der Waals surface area contributed by atoms with Gasteiger partial charge in [0.1, 0.15) is 0 Å². The van der Waals surface area contributed by atoms with Gasteiger partial charge in [0.25, 0.3) is 0 Å². The van der Waals surface area contributed by atoms with Crippen molar-refractivity contribution in [2.45, 2.75) is 45.6 Å². The molecule has 2 aliphatic rings. The van der Waals surface area contributed by atoms with Crippen molar-refractivity contribution in [2.75, 3.05) is 18.4 Å². The van der Waals surface area contributed by atoms with E-state index in [1.165, 1.54) is 17.7 Å². The molecule has 1 N–H and O–H groups in total. The number of hydrogen-bond acceptors (Lipinski definition) is 2. The van der Waals surface area contributed by atoms with Crippen LogP contribution in [0.5, 0.6) is 0 Å². The molecule has 3 heteroatoms. The number of likely N-dealkylation sites (tertiary alicyclic amines) is 1. The molecular formula is C18H26N2O. The zero-order valence-corrected chi connectivity index (χ0v) is 13.3. The first-order valence-electron chi connectivity index (χ1n) is 8.18. The molecule has 0 aromatic heterocycles. The number of carbonyl (C=O) groups excluding carboxylic acids is 1. The molecule has 4 atom stereocenters. The van der Waals surface area contributed by atoms with E-state index < -0.39 is 0 Å². The Balaban J connectivity index is 1.69. The lowest BCUT2D eigenvalue weighted by Crippen LogP contribution is -2.49. The molecule has 1 fully saturated rings. The van der Waals surface area contributed by atoms with Gasteiger partial charge in [0.15, 0.2) is 0 Å². The first-order valence-corrected chi connectivity index (χ1v) is 8.18. The van der Waals surface area contributed by atoms with Gasteiger partial charge in [0.05, 0.1) is 0 Å². The fourth-order valence-electron chi connectivity index (χ4n) is 3.91. The molecule has 0 radical (unpaired) electrons. The highest BCUT2D eigenvalue weighted by Crippen LogP contribution is 2.35. The van der Waals surface area contributed by atoms with Crippen molar-refractivity contribution in [3.8, 4) is 0 Å². The monoisotopic (exact) mass is 286 g/mol. The Morgan fingerprint density at radius 1 is 1.29 bits per heavy atom. The lowest BCUT2D eigenvalue weighted by Gasteiger charge is -2.41. The third-order valence-corrected chi connectivity index (χ3v) is 5.28. The molecule has 1 aromatic rings. The third-order valence-electron chi connectivity index (χ3n) is 5.28. The van der Waals surface area contributed by atoms with Crippen molar-refractivity contribution in [3.63, 3.8) is 0 Å². The van der Waals surface area contributed by atoms with Crippen LogP contribution in [0.25, 0.3) is 0 Å². The van der Waals surface area contributed by atoms with E-state index in [9.17, 15) is 4.79 Å². The van der Waals surface area contributed by atoms with Crippen molar-refractivity contribution >= 4 is 11.6 Å². The van der Waals surface area contributed by atoms with Crippen molar-refractivity contribution < 1.29 is 4.79 Å². The van der Waals surface area contributed by atoms with E-state index in [0.717, 1.165) is 13.1 Å². The van der Waals surface area contributed by atoms with Gasteiger partial charge in [-0.25, -0.2) is 0 Å². The Morgan fingerprint density at radius 3 is 2.86 bits per heavy atom. The van der Waals surface area contributed by atoms with Gasteiger partial charge in [0, 0.05) is 37.2 Å². The second-order valence-electron chi connectivity index (χ2n) is 6.97. The minimum Gasteiger partial charge on any atom is -0.384 e. The molecule has 1 amide bonds. The molecule has 0 spiro atoms. The van der Waals surface area contributed by atoms with E-state index in [2.05, 4.69) is 49.2 Å². The lowest BCUT2D eigenvalue weighted by atomic mass is 9.85. The Labute approximate surface area is 127 Å². The average Bonchev–Trinajstić information content (AvgIpc) is 2.86. The number of amides is 1. The maximum Gasteiger partial charge on any atom is 0.223 e. The summed E-state index contributed by atoms with van der Waals surface area (Å²) in [5.41, 5.74) is 2.50. The van der Waals surface area contributed by atoms with E-state index in [1.54, 1.807) is 0 Å². The molecular weight excluding hydrogens is 260 g/mol. The normalized spacial score (nSPS) is 31.7. The predicted octanol–water partition coefficient (Wildman–Crippen LogP) is 3.48. The summed E-state index contributed by atoms with van der Waals surface area (Å²) in [5, 5.41) is 3.42. The van der Waals surface area contributed by atoms with Crippen LogP contribution in [0.15, 0.2) is 24.3 Å². The van der Waals surface area contributed by atoms with Gasteiger partial charge in [-0.15, -0.1) is 0 Å². The second-order valence-corrected chi connectivity index (χ2v) is 6.97. The van der Waals surface area contributed by atoms with E-state index >= 15 is 0 Å². The summed E-state index contributed by atoms with van der Waals surface area (Å²) in [6, 6.07) is 8.74. The van der Waals surface area contributed by atoms with Crippen LogP contribution in [0.3, 0.4) is 0 Å². The van der Waals surface area contributed by atoms with Crippen molar-refractivity contribution in [3.05, 3.63) is 29.8 Å². The lowest BCUT2D eigenvalue weighted by molar-refractivity contribution is -0.137. The number of para-hydroxylation sites is 1. The molecule has 0 aliphatic carbocycles. The first kappa shape index (κ1) is 14.4. The molecule has 0 bridgehead atoms. The molecule has 1 saturated heterocycles. The number of rotatable bonds is 2. The Kier molecular flexibility index (Phi) is 3.92. The molecule has 3 rings (SSSR count). The number of anilines is 1. The van der Waals surface area contributed by atoms with Crippen LogP contribution >= 0.6 is 0 Å². The zero-order chi connectivity index (χ0) is 15.0. The van der Waals surface area contributed by atoms with E-state index in [-0.39, 0.29) is 0 Å². The highest BCUT2D eigenvalue weighted by molar-refractivity contribution is 5.78. The van der Waals surface area contributed by atoms with Gasteiger partial charge < -0.3 is 10.2 Å². The summed E-state index contributed by atoms with van der Waals surface area (Å²) in [7, 11) is 0. The molecule has 0 saturated carbocycles. The van der Waals surface area contributed by atoms with Crippen LogP contribution in [-0.2, 0) is 4.79 Å². The average molecular weight is 286 g/mol. The fraction of sp³-hybridized carbons (Fsp3) is 0.611. The number of carbonyl (C=O) groups is 1. The quantitative estimate of drug-likeness (QED) is 0.902. The predicted molar refractivity (Wildman–Crippen MR) is 86.4 cm³/mol. The number of hydrogen-bond donors (Lipinski definition) is 1. The molecule has 2 heterocycles. The number of benzene rings is 1. The number of piperidine rings is 1. The molecule has 114 valence electrons. The minimum absolute atomic E-state index is 0.324. The summed E-state index contributed by atoms with van der Waals surface area (Å²) >= 11 is 0. The van der Waals surface area contributed by atoms with Crippen LogP contribution in [0.4, 0.5) is 5.69 Å². The van der Waals surface area contributed by atoms with Crippen LogP contribution < -0.4 is 5.32 Å². The molecule has 2 aliphatic heterocycles. The first-order chi connectivity index (χ1) is 10.1. The van der Waals surface area contributed by atoms with Gasteiger partial charge in [-0.2, -0.15) is 0 Å². The summed E-state index contributed by atoms with van der Waals surface area (Å²) in [4.78, 5) is 14.9. The van der Waals surface area contributed by atoms with E-state index in [1.807, 2.05) is 6.07 Å². The van der Waals surface area contributed by atoms with E-state index in [0.29, 0.717) is 36.1 Å². The zero-order valence-electron chi connectivity index (χ0n) is 13.3. The summed E-state index contributed by atoms with van der Waals surface area (Å²) in [6.07, 6.45) is 1.87. The van der Waals surface area contributed by atoms with Crippen LogP contribution in [-0.4, -0.2) is 29.9 Å². The molecule has 21 heavy (non-hydrogen) atoms. The minimum atomic E-state index is 0.324. The Morgan fingerprint density at radius 2 is 2.05 bits per heavy atom. The number of fused-ring (bicyclic) bond motifs is 1. The second kappa shape index (κ2) is 5.70. The highest BCUT2D eigenvalue weighted by Gasteiger charge is 2.34. The van der Waals surface area contributed by atoms with Crippen LogP contribution in [0.1, 0.15) is 45.1 Å². The van der Waals surface area contributed by atoms with Gasteiger partial charge in [-0.1, -0.05) is 32.0 Å². The molecule has 3 nitrogen and oxygen atoms in total. The topological polar surface area (TPSA) is 32.3 Å². The summed E-state index contributed by atoms with van der Waals surface area (Å²) in [5.74, 6) is 1.87. The number of nitrogens with one attached hydrogen (secondary N) is 1. The third kappa shape index (κ3) is 2.78. The maximum absolute atomic E-state index is 12.8. The standard InChI is InChI=1S/C18H26N2O/c1-12-8-13(2)14(3)20(11-12)18(21)9-15-10-19-17-7-5-4-6-16(15)17/h4-7,12-15,19H,8-11H2,1-3H3. The van der Waals surface area contributed by atoms with Crippen molar-refractivity contribution in [2.24, 2.45) is 11.8 Å².